The second-order valence-corrected chi connectivity index (χ2v) is 5.95. The van der Waals surface area contributed by atoms with Gasteiger partial charge in [0.2, 0.25) is 0 Å². The molecule has 0 saturated heterocycles. The molecule has 2 aromatic heterocycles. The molecule has 3 aromatic rings. The Bertz CT molecular complexity index is 792. The summed E-state index contributed by atoms with van der Waals surface area (Å²) in [4.78, 5) is 12.6. The Morgan fingerprint density at radius 3 is 2.74 bits per heavy atom. The third-order valence-electron chi connectivity index (χ3n) is 3.31. The van der Waals surface area contributed by atoms with E-state index in [0.29, 0.717) is 6.54 Å². The molecule has 0 aliphatic rings. The molecule has 0 unspecified atom stereocenters. The summed E-state index contributed by atoms with van der Waals surface area (Å²) in [6, 6.07) is 11.9. The van der Waals surface area contributed by atoms with Gasteiger partial charge in [0, 0.05) is 35.2 Å². The molecule has 2 N–H and O–H groups in total. The van der Waals surface area contributed by atoms with E-state index in [9.17, 15) is 0 Å². The first-order valence-corrected chi connectivity index (χ1v) is 7.98. The highest BCUT2D eigenvalue weighted by molar-refractivity contribution is 9.10. The van der Waals surface area contributed by atoms with Gasteiger partial charge in [-0.3, -0.25) is 4.98 Å². The number of rotatable bonds is 5. The van der Waals surface area contributed by atoms with E-state index in [1.54, 1.807) is 6.20 Å². The van der Waals surface area contributed by atoms with Crippen LogP contribution in [0, 0.1) is 6.92 Å². The topological polar surface area (TPSA) is 62.7 Å². The summed E-state index contributed by atoms with van der Waals surface area (Å²) in [7, 11) is 0. The minimum atomic E-state index is 0.667. The molecular formula is C17H16BrN5. The van der Waals surface area contributed by atoms with Gasteiger partial charge in [-0.1, -0.05) is 28.1 Å². The van der Waals surface area contributed by atoms with Gasteiger partial charge < -0.3 is 10.6 Å². The van der Waals surface area contributed by atoms with Crippen LogP contribution in [0.15, 0.2) is 59.6 Å². The molecule has 0 spiro atoms. The number of benzene rings is 1. The van der Waals surface area contributed by atoms with Crippen molar-refractivity contribution in [3.63, 3.8) is 0 Å². The van der Waals surface area contributed by atoms with Crippen LogP contribution in [0.25, 0.3) is 0 Å². The molecule has 0 atom stereocenters. The van der Waals surface area contributed by atoms with E-state index in [-0.39, 0.29) is 0 Å². The van der Waals surface area contributed by atoms with Crippen LogP contribution in [-0.4, -0.2) is 15.0 Å². The maximum Gasteiger partial charge on any atom is 0.135 e. The molecule has 0 aliphatic carbocycles. The summed E-state index contributed by atoms with van der Waals surface area (Å²) in [5.74, 6) is 1.50. The lowest BCUT2D eigenvalue weighted by Crippen LogP contribution is -2.03. The summed E-state index contributed by atoms with van der Waals surface area (Å²) < 4.78 is 1.06. The van der Waals surface area contributed by atoms with Gasteiger partial charge in [0.25, 0.3) is 0 Å². The normalized spacial score (nSPS) is 10.3. The molecule has 23 heavy (non-hydrogen) atoms. The van der Waals surface area contributed by atoms with E-state index >= 15 is 0 Å². The quantitative estimate of drug-likeness (QED) is 0.701. The predicted molar refractivity (Wildman–Crippen MR) is 95.8 cm³/mol. The number of aromatic nitrogens is 3. The Kier molecular flexibility index (Phi) is 4.83. The van der Waals surface area contributed by atoms with Crippen molar-refractivity contribution in [2.75, 3.05) is 10.6 Å². The second kappa shape index (κ2) is 7.19. The standard InChI is InChI=1S/C17H16BrN5/c1-12-4-5-14(7-15(12)18)23-17-8-16(21-11-22-17)20-10-13-3-2-6-19-9-13/h2-9,11H,10H2,1H3,(H2,20,21,22,23). The summed E-state index contributed by atoms with van der Waals surface area (Å²) in [5.41, 5.74) is 3.26. The first-order chi connectivity index (χ1) is 11.2. The fraction of sp³-hybridized carbons (Fsp3) is 0.118. The maximum absolute atomic E-state index is 4.25. The van der Waals surface area contributed by atoms with E-state index in [1.807, 2.05) is 36.5 Å². The molecule has 0 aliphatic heterocycles. The third kappa shape index (κ3) is 4.26. The lowest BCUT2D eigenvalue weighted by atomic mass is 10.2. The van der Waals surface area contributed by atoms with Crippen LogP contribution >= 0.6 is 15.9 Å². The third-order valence-corrected chi connectivity index (χ3v) is 4.16. The summed E-state index contributed by atoms with van der Waals surface area (Å²) in [5, 5.41) is 6.54. The van der Waals surface area contributed by atoms with Crippen LogP contribution in [0.4, 0.5) is 17.3 Å². The smallest absolute Gasteiger partial charge is 0.135 e. The maximum atomic E-state index is 4.25. The molecule has 2 heterocycles. The molecule has 0 amide bonds. The van der Waals surface area contributed by atoms with Crippen LogP contribution in [0.1, 0.15) is 11.1 Å². The van der Waals surface area contributed by atoms with Crippen molar-refractivity contribution < 1.29 is 0 Å². The monoisotopic (exact) mass is 369 g/mol. The van der Waals surface area contributed by atoms with Gasteiger partial charge in [-0.15, -0.1) is 0 Å². The van der Waals surface area contributed by atoms with Crippen molar-refractivity contribution in [1.82, 2.24) is 15.0 Å². The predicted octanol–water partition coefficient (Wildman–Crippen LogP) is 4.30. The largest absolute Gasteiger partial charge is 0.366 e. The molecule has 0 saturated carbocycles. The van der Waals surface area contributed by atoms with Crippen molar-refractivity contribution >= 4 is 33.3 Å². The molecule has 116 valence electrons. The Morgan fingerprint density at radius 1 is 1.09 bits per heavy atom. The van der Waals surface area contributed by atoms with Gasteiger partial charge in [-0.05, 0) is 36.2 Å². The van der Waals surface area contributed by atoms with Gasteiger partial charge in [-0.25, -0.2) is 9.97 Å². The highest BCUT2D eigenvalue weighted by atomic mass is 79.9. The molecule has 1 aromatic carbocycles. The van der Waals surface area contributed by atoms with Crippen LogP contribution in [0.5, 0.6) is 0 Å². The summed E-state index contributed by atoms with van der Waals surface area (Å²) in [6.07, 6.45) is 5.13. The first-order valence-electron chi connectivity index (χ1n) is 7.19. The molecular weight excluding hydrogens is 354 g/mol. The molecule has 6 heteroatoms. The van der Waals surface area contributed by atoms with Crippen molar-refractivity contribution in [3.05, 3.63) is 70.7 Å². The fourth-order valence-corrected chi connectivity index (χ4v) is 2.41. The number of nitrogens with one attached hydrogen (secondary N) is 2. The minimum Gasteiger partial charge on any atom is -0.366 e. The van der Waals surface area contributed by atoms with Gasteiger partial charge in [-0.2, -0.15) is 0 Å². The SMILES string of the molecule is Cc1ccc(Nc2cc(NCc3cccnc3)ncn2)cc1Br. The van der Waals surface area contributed by atoms with Gasteiger partial charge >= 0.3 is 0 Å². The Hall–Kier alpha value is -2.47. The number of nitrogens with zero attached hydrogens (tertiary/aromatic N) is 3. The first kappa shape index (κ1) is 15.4. The van der Waals surface area contributed by atoms with E-state index < -0.39 is 0 Å². The van der Waals surface area contributed by atoms with Crippen molar-refractivity contribution in [2.45, 2.75) is 13.5 Å². The number of aryl methyl sites for hydroxylation is 1. The minimum absolute atomic E-state index is 0.667. The zero-order valence-corrected chi connectivity index (χ0v) is 14.2. The lowest BCUT2D eigenvalue weighted by Gasteiger charge is -2.09. The van der Waals surface area contributed by atoms with Crippen LogP contribution in [0.2, 0.25) is 0 Å². The summed E-state index contributed by atoms with van der Waals surface area (Å²) >= 11 is 3.53. The number of anilines is 3. The van der Waals surface area contributed by atoms with Crippen molar-refractivity contribution in [2.24, 2.45) is 0 Å². The number of halogens is 1. The number of pyridine rings is 1. The van der Waals surface area contributed by atoms with Crippen LogP contribution in [-0.2, 0) is 6.54 Å². The molecule has 0 fully saturated rings. The average Bonchev–Trinajstić information content (AvgIpc) is 2.58. The van der Waals surface area contributed by atoms with Gasteiger partial charge in [0.1, 0.15) is 18.0 Å². The van der Waals surface area contributed by atoms with E-state index in [0.717, 1.165) is 27.4 Å². The highest BCUT2D eigenvalue weighted by Gasteiger charge is 2.02. The molecule has 3 rings (SSSR count). The van der Waals surface area contributed by atoms with Gasteiger partial charge in [0.05, 0.1) is 0 Å². The van der Waals surface area contributed by atoms with Crippen molar-refractivity contribution in [1.29, 1.82) is 0 Å². The molecule has 0 radical (unpaired) electrons. The Morgan fingerprint density at radius 2 is 1.96 bits per heavy atom. The Balaban J connectivity index is 1.68. The molecule has 5 nitrogen and oxygen atoms in total. The fourth-order valence-electron chi connectivity index (χ4n) is 2.04. The zero-order valence-electron chi connectivity index (χ0n) is 12.6. The average molecular weight is 370 g/mol. The lowest BCUT2D eigenvalue weighted by molar-refractivity contribution is 1.07. The molecule has 0 bridgehead atoms. The zero-order chi connectivity index (χ0) is 16.1. The van der Waals surface area contributed by atoms with Crippen LogP contribution in [0.3, 0.4) is 0 Å². The second-order valence-electron chi connectivity index (χ2n) is 5.09. The number of hydrogen-bond donors (Lipinski definition) is 2. The highest BCUT2D eigenvalue weighted by Crippen LogP contribution is 2.23. The van der Waals surface area contributed by atoms with E-state index in [1.165, 1.54) is 11.9 Å². The van der Waals surface area contributed by atoms with Crippen molar-refractivity contribution in [3.8, 4) is 0 Å². The van der Waals surface area contributed by atoms with Gasteiger partial charge in [0.15, 0.2) is 0 Å². The number of hydrogen-bond acceptors (Lipinski definition) is 5. The van der Waals surface area contributed by atoms with Crippen LogP contribution < -0.4 is 10.6 Å². The Labute approximate surface area is 143 Å². The summed E-state index contributed by atoms with van der Waals surface area (Å²) in [6.45, 7) is 2.72. The van der Waals surface area contributed by atoms with E-state index in [4.69, 9.17) is 0 Å². The van der Waals surface area contributed by atoms with E-state index in [2.05, 4.69) is 54.5 Å².